The van der Waals surface area contributed by atoms with Crippen LogP contribution in [-0.2, 0) is 14.3 Å². The van der Waals surface area contributed by atoms with Gasteiger partial charge in [0.1, 0.15) is 6.10 Å². The molecule has 1 aliphatic rings. The Bertz CT molecular complexity index is 125. The Hall–Kier alpha value is -0.570. The zero-order valence-corrected chi connectivity index (χ0v) is 6.84. The molecule has 1 saturated heterocycles. The molecule has 1 heterocycles. The van der Waals surface area contributed by atoms with Crippen molar-refractivity contribution >= 4 is 5.97 Å². The van der Waals surface area contributed by atoms with Crippen molar-refractivity contribution in [2.45, 2.75) is 32.3 Å². The lowest BCUT2D eigenvalue weighted by molar-refractivity contribution is -0.149. The zero-order valence-electron chi connectivity index (χ0n) is 6.84. The van der Waals surface area contributed by atoms with Gasteiger partial charge in [0.15, 0.2) is 0 Å². The number of hydrogen-bond donors (Lipinski definition) is 0. The topological polar surface area (TPSA) is 35.5 Å². The van der Waals surface area contributed by atoms with E-state index in [1.807, 2.05) is 0 Å². The van der Waals surface area contributed by atoms with E-state index >= 15 is 0 Å². The van der Waals surface area contributed by atoms with E-state index in [2.05, 4.69) is 0 Å². The van der Waals surface area contributed by atoms with Crippen LogP contribution in [-0.4, -0.2) is 25.3 Å². The van der Waals surface area contributed by atoms with Crippen LogP contribution >= 0.6 is 0 Å². The Balaban J connectivity index is 2.25. The first kappa shape index (κ1) is 8.53. The molecule has 0 spiro atoms. The van der Waals surface area contributed by atoms with Gasteiger partial charge in [-0.3, -0.25) is 4.79 Å². The fraction of sp³-hybridized carbons (Fsp3) is 0.875. The first-order valence-corrected chi connectivity index (χ1v) is 4.04. The number of carbonyl (C=O) groups is 1. The normalized spacial score (nSPS) is 25.7. The smallest absolute Gasteiger partial charge is 0.302 e. The van der Waals surface area contributed by atoms with Crippen LogP contribution in [0.1, 0.15) is 26.2 Å². The number of carbonyl (C=O) groups excluding carboxylic acids is 1. The molecule has 3 nitrogen and oxygen atoms in total. The fourth-order valence-corrected chi connectivity index (χ4v) is 1.20. The molecule has 0 aromatic heterocycles. The van der Waals surface area contributed by atoms with Gasteiger partial charge in [-0.25, -0.2) is 0 Å². The van der Waals surface area contributed by atoms with E-state index in [9.17, 15) is 4.79 Å². The van der Waals surface area contributed by atoms with Crippen LogP contribution < -0.4 is 0 Å². The summed E-state index contributed by atoms with van der Waals surface area (Å²) in [4.78, 5) is 10.5. The molecule has 0 aromatic carbocycles. The van der Waals surface area contributed by atoms with Crippen LogP contribution in [0.3, 0.4) is 0 Å². The average Bonchev–Trinajstić information content (AvgIpc) is 2.14. The largest absolute Gasteiger partial charge is 0.460 e. The third kappa shape index (κ3) is 3.37. The average molecular weight is 158 g/mol. The van der Waals surface area contributed by atoms with Crippen molar-refractivity contribution in [3.63, 3.8) is 0 Å². The van der Waals surface area contributed by atoms with E-state index in [1.54, 1.807) is 0 Å². The first-order chi connectivity index (χ1) is 5.29. The molecule has 0 amide bonds. The molecule has 0 aromatic rings. The van der Waals surface area contributed by atoms with Crippen molar-refractivity contribution in [3.8, 4) is 0 Å². The highest BCUT2D eigenvalue weighted by atomic mass is 16.6. The van der Waals surface area contributed by atoms with E-state index in [1.165, 1.54) is 6.92 Å². The molecule has 0 N–H and O–H groups in total. The van der Waals surface area contributed by atoms with Gasteiger partial charge < -0.3 is 9.47 Å². The summed E-state index contributed by atoms with van der Waals surface area (Å²) in [6.45, 7) is 2.81. The molecule has 1 unspecified atom stereocenters. The summed E-state index contributed by atoms with van der Waals surface area (Å²) < 4.78 is 10.2. The van der Waals surface area contributed by atoms with Gasteiger partial charge in [-0.1, -0.05) is 0 Å². The molecule has 64 valence electrons. The van der Waals surface area contributed by atoms with Crippen molar-refractivity contribution in [2.24, 2.45) is 0 Å². The number of esters is 1. The summed E-state index contributed by atoms with van der Waals surface area (Å²) in [5.74, 6) is -0.208. The molecule has 11 heavy (non-hydrogen) atoms. The van der Waals surface area contributed by atoms with Gasteiger partial charge in [-0.05, 0) is 19.3 Å². The minimum Gasteiger partial charge on any atom is -0.460 e. The van der Waals surface area contributed by atoms with E-state index in [0.29, 0.717) is 6.61 Å². The van der Waals surface area contributed by atoms with Crippen molar-refractivity contribution in [3.05, 3.63) is 0 Å². The molecule has 0 radical (unpaired) electrons. The zero-order chi connectivity index (χ0) is 8.10. The minimum absolute atomic E-state index is 0.00463. The Morgan fingerprint density at radius 3 is 3.09 bits per heavy atom. The molecule has 1 aliphatic heterocycles. The number of hydrogen-bond acceptors (Lipinski definition) is 3. The van der Waals surface area contributed by atoms with E-state index in [0.717, 1.165) is 25.9 Å². The molecular formula is C8H14O3. The standard InChI is InChI=1S/C8H14O3/c1-7(9)11-8-4-2-3-5-10-6-8/h8H,2-6H2,1H3. The Morgan fingerprint density at radius 2 is 2.36 bits per heavy atom. The second-order valence-electron chi connectivity index (χ2n) is 2.80. The highest BCUT2D eigenvalue weighted by Crippen LogP contribution is 2.10. The lowest BCUT2D eigenvalue weighted by atomic mass is 10.2. The molecule has 1 rings (SSSR count). The van der Waals surface area contributed by atoms with Gasteiger partial charge in [0.25, 0.3) is 0 Å². The van der Waals surface area contributed by atoms with Crippen LogP contribution in [0.2, 0.25) is 0 Å². The summed E-state index contributed by atoms with van der Waals surface area (Å²) in [7, 11) is 0. The molecule has 3 heteroatoms. The van der Waals surface area contributed by atoms with Crippen molar-refractivity contribution in [1.82, 2.24) is 0 Å². The SMILES string of the molecule is CC(=O)OC1CCCCOC1. The van der Waals surface area contributed by atoms with Gasteiger partial charge in [-0.15, -0.1) is 0 Å². The van der Waals surface area contributed by atoms with Crippen LogP contribution in [0.5, 0.6) is 0 Å². The third-order valence-electron chi connectivity index (χ3n) is 1.70. The van der Waals surface area contributed by atoms with Crippen molar-refractivity contribution < 1.29 is 14.3 Å². The Kier molecular flexibility index (Phi) is 3.36. The lowest BCUT2D eigenvalue weighted by Gasteiger charge is -2.12. The van der Waals surface area contributed by atoms with Crippen LogP contribution in [0.15, 0.2) is 0 Å². The van der Waals surface area contributed by atoms with Gasteiger partial charge in [0, 0.05) is 13.5 Å². The fourth-order valence-electron chi connectivity index (χ4n) is 1.20. The number of ether oxygens (including phenoxy) is 2. The molecule has 1 atom stereocenters. The van der Waals surface area contributed by atoms with Gasteiger partial charge in [0.2, 0.25) is 0 Å². The molecule has 0 aliphatic carbocycles. The molecule has 0 saturated carbocycles. The van der Waals surface area contributed by atoms with E-state index < -0.39 is 0 Å². The van der Waals surface area contributed by atoms with Crippen LogP contribution in [0.25, 0.3) is 0 Å². The Labute approximate surface area is 66.7 Å². The second kappa shape index (κ2) is 4.34. The summed E-state index contributed by atoms with van der Waals surface area (Å²) in [5.41, 5.74) is 0. The maximum atomic E-state index is 10.5. The quantitative estimate of drug-likeness (QED) is 0.536. The van der Waals surface area contributed by atoms with E-state index in [4.69, 9.17) is 9.47 Å². The molecule has 0 bridgehead atoms. The second-order valence-corrected chi connectivity index (χ2v) is 2.80. The van der Waals surface area contributed by atoms with Crippen LogP contribution in [0, 0.1) is 0 Å². The summed E-state index contributed by atoms with van der Waals surface area (Å²) >= 11 is 0. The molecule has 1 fully saturated rings. The summed E-state index contributed by atoms with van der Waals surface area (Å²) in [5, 5.41) is 0. The summed E-state index contributed by atoms with van der Waals surface area (Å²) in [6, 6.07) is 0. The lowest BCUT2D eigenvalue weighted by Crippen LogP contribution is -2.20. The Morgan fingerprint density at radius 1 is 1.55 bits per heavy atom. The summed E-state index contributed by atoms with van der Waals surface area (Å²) in [6.07, 6.45) is 3.12. The van der Waals surface area contributed by atoms with Crippen molar-refractivity contribution in [1.29, 1.82) is 0 Å². The number of rotatable bonds is 1. The monoisotopic (exact) mass is 158 g/mol. The van der Waals surface area contributed by atoms with Crippen LogP contribution in [0.4, 0.5) is 0 Å². The highest BCUT2D eigenvalue weighted by Gasteiger charge is 2.14. The maximum absolute atomic E-state index is 10.5. The maximum Gasteiger partial charge on any atom is 0.302 e. The third-order valence-corrected chi connectivity index (χ3v) is 1.70. The molecular weight excluding hydrogens is 144 g/mol. The van der Waals surface area contributed by atoms with Gasteiger partial charge in [-0.2, -0.15) is 0 Å². The van der Waals surface area contributed by atoms with Gasteiger partial charge in [0.05, 0.1) is 6.61 Å². The predicted molar refractivity (Wildman–Crippen MR) is 40.2 cm³/mol. The minimum atomic E-state index is -0.208. The highest BCUT2D eigenvalue weighted by molar-refractivity contribution is 5.66. The van der Waals surface area contributed by atoms with E-state index in [-0.39, 0.29) is 12.1 Å². The van der Waals surface area contributed by atoms with Gasteiger partial charge >= 0.3 is 5.97 Å². The van der Waals surface area contributed by atoms with Crippen molar-refractivity contribution in [2.75, 3.05) is 13.2 Å². The predicted octanol–water partition coefficient (Wildman–Crippen LogP) is 1.12. The first-order valence-electron chi connectivity index (χ1n) is 4.04.